The molecule has 1 N–H and O–H groups in total. The Labute approximate surface area is 279 Å². The molecule has 250 valence electrons. The van der Waals surface area contributed by atoms with Gasteiger partial charge in [-0.05, 0) is 73.2 Å². The van der Waals surface area contributed by atoms with Gasteiger partial charge in [-0.15, -0.1) is 0 Å². The summed E-state index contributed by atoms with van der Waals surface area (Å²) in [5, 5.41) is 8.00. The van der Waals surface area contributed by atoms with Crippen LogP contribution in [0.5, 0.6) is 11.5 Å². The quantitative estimate of drug-likeness (QED) is 0.207. The number of nitrogens with zero attached hydrogens (tertiary/aromatic N) is 7. The zero-order valence-corrected chi connectivity index (χ0v) is 27.9. The maximum Gasteiger partial charge on any atom is 0.246 e. The number of carbonyl (C=O) groups excluding carboxylic acids is 1. The molecule has 5 aromatic rings. The van der Waals surface area contributed by atoms with Crippen molar-refractivity contribution in [1.82, 2.24) is 33.9 Å². The fourth-order valence-electron chi connectivity index (χ4n) is 6.92. The van der Waals surface area contributed by atoms with E-state index in [9.17, 15) is 4.79 Å². The first-order valence-electron chi connectivity index (χ1n) is 16.4. The number of methoxy groups -OCH3 is 2. The number of amides is 1. The minimum Gasteiger partial charge on any atom is -0.457 e. The van der Waals surface area contributed by atoms with Crippen molar-refractivity contribution < 1.29 is 19.0 Å². The Morgan fingerprint density at radius 1 is 1.02 bits per heavy atom. The molecule has 2 saturated heterocycles. The average Bonchev–Trinajstić information content (AvgIpc) is 3.83. The van der Waals surface area contributed by atoms with Crippen LogP contribution in [0.15, 0.2) is 73.5 Å². The smallest absolute Gasteiger partial charge is 0.246 e. The Kier molecular flexibility index (Phi) is 9.11. The van der Waals surface area contributed by atoms with Crippen molar-refractivity contribution in [2.45, 2.75) is 37.9 Å². The Morgan fingerprint density at radius 3 is 2.56 bits per heavy atom. The van der Waals surface area contributed by atoms with Crippen LogP contribution < -0.4 is 10.1 Å². The normalized spacial score (nSPS) is 19.2. The van der Waals surface area contributed by atoms with Gasteiger partial charge < -0.3 is 29.0 Å². The molecule has 3 aromatic heterocycles. The zero-order valence-electron chi connectivity index (χ0n) is 27.9. The molecule has 0 spiro atoms. The second-order valence-electron chi connectivity index (χ2n) is 12.7. The van der Waals surface area contributed by atoms with Gasteiger partial charge in [0.15, 0.2) is 5.82 Å². The van der Waals surface area contributed by atoms with Gasteiger partial charge in [-0.25, -0.2) is 14.5 Å². The first kappa shape index (κ1) is 31.8. The third kappa shape index (κ3) is 6.51. The van der Waals surface area contributed by atoms with Gasteiger partial charge in [-0.2, -0.15) is 5.10 Å². The third-order valence-corrected chi connectivity index (χ3v) is 9.61. The van der Waals surface area contributed by atoms with E-state index in [-0.39, 0.29) is 18.1 Å². The fraction of sp³-hybridized carbons (Fsp3) is 0.389. The highest BCUT2D eigenvalue weighted by atomic mass is 16.5. The molecular weight excluding hydrogens is 608 g/mol. The van der Waals surface area contributed by atoms with Gasteiger partial charge in [0.1, 0.15) is 23.3 Å². The van der Waals surface area contributed by atoms with Crippen molar-refractivity contribution >= 4 is 34.0 Å². The van der Waals surface area contributed by atoms with Crippen LogP contribution in [-0.4, -0.2) is 99.0 Å². The Morgan fingerprint density at radius 2 is 1.81 bits per heavy atom. The van der Waals surface area contributed by atoms with E-state index in [1.807, 2.05) is 70.6 Å². The number of imidazole rings is 1. The highest BCUT2D eigenvalue weighted by Gasteiger charge is 2.32. The summed E-state index contributed by atoms with van der Waals surface area (Å²) in [5.74, 6) is 2.62. The van der Waals surface area contributed by atoms with Crippen LogP contribution in [0.4, 0.5) is 11.5 Å². The lowest BCUT2D eigenvalue weighted by Crippen LogP contribution is -2.37. The van der Waals surface area contributed by atoms with E-state index in [0.29, 0.717) is 25.6 Å². The third-order valence-electron chi connectivity index (χ3n) is 9.61. The lowest BCUT2D eigenvalue weighted by atomic mass is 9.90. The highest BCUT2D eigenvalue weighted by Crippen LogP contribution is 2.35. The van der Waals surface area contributed by atoms with E-state index >= 15 is 0 Å². The van der Waals surface area contributed by atoms with E-state index in [4.69, 9.17) is 14.2 Å². The lowest BCUT2D eigenvalue weighted by molar-refractivity contribution is -0.127. The standard InChI is InChI=1S/C36H42N8O4/c1-24-18-26(7-10-31(24)48-27-8-9-30-29(19-27)38-23-41(30)2)40-36-35-28(13-17-44(35)39-22-37-36)25-11-15-43(16-12-25)34(45)6-5-14-42-20-32(46-3)33(21-42)47-4/h5-10,13,17-19,22-23,25,32-33H,11-12,14-16,20-21H2,1-4H3,(H,37,39,40)/b6-5+/t32-,33-/m1/s1. The molecule has 2 fully saturated rings. The van der Waals surface area contributed by atoms with Crippen molar-refractivity contribution in [3.05, 3.63) is 84.6 Å². The van der Waals surface area contributed by atoms with Crippen LogP contribution >= 0.6 is 0 Å². The Balaban J connectivity index is 0.984. The van der Waals surface area contributed by atoms with Crippen molar-refractivity contribution in [2.75, 3.05) is 52.3 Å². The molecule has 12 heteroatoms. The maximum atomic E-state index is 13.0. The van der Waals surface area contributed by atoms with E-state index in [0.717, 1.165) is 71.0 Å². The van der Waals surface area contributed by atoms with Crippen LogP contribution in [0.25, 0.3) is 16.6 Å². The minimum absolute atomic E-state index is 0.0618. The van der Waals surface area contributed by atoms with Gasteiger partial charge in [0.05, 0.1) is 29.6 Å². The molecule has 2 aromatic carbocycles. The number of anilines is 2. The van der Waals surface area contributed by atoms with Crippen LogP contribution in [-0.2, 0) is 21.3 Å². The number of nitrogens with one attached hydrogen (secondary N) is 1. The van der Waals surface area contributed by atoms with Crippen molar-refractivity contribution in [2.24, 2.45) is 7.05 Å². The fourth-order valence-corrected chi connectivity index (χ4v) is 6.92. The average molecular weight is 651 g/mol. The summed E-state index contributed by atoms with van der Waals surface area (Å²) in [6.45, 7) is 5.74. The molecule has 2 aliphatic heterocycles. The number of fused-ring (bicyclic) bond motifs is 2. The summed E-state index contributed by atoms with van der Waals surface area (Å²) in [7, 11) is 5.41. The summed E-state index contributed by atoms with van der Waals surface area (Å²) >= 11 is 0. The second-order valence-corrected chi connectivity index (χ2v) is 12.7. The van der Waals surface area contributed by atoms with E-state index in [1.54, 1.807) is 33.0 Å². The Hall–Kier alpha value is -4.78. The summed E-state index contributed by atoms with van der Waals surface area (Å²) in [6.07, 6.45) is 10.9. The van der Waals surface area contributed by atoms with Gasteiger partial charge in [0.2, 0.25) is 5.91 Å². The second kappa shape index (κ2) is 13.8. The Bertz CT molecular complexity index is 1930. The molecule has 2 aliphatic rings. The van der Waals surface area contributed by atoms with Gasteiger partial charge in [0.25, 0.3) is 0 Å². The summed E-state index contributed by atoms with van der Waals surface area (Å²) in [6, 6.07) is 14.1. The molecule has 2 atom stereocenters. The van der Waals surface area contributed by atoms with E-state index in [1.165, 1.54) is 5.56 Å². The van der Waals surface area contributed by atoms with Crippen LogP contribution in [0.3, 0.4) is 0 Å². The maximum absolute atomic E-state index is 13.0. The number of likely N-dealkylation sites (tertiary alicyclic amines) is 2. The molecule has 1 amide bonds. The molecule has 5 heterocycles. The summed E-state index contributed by atoms with van der Waals surface area (Å²) < 4.78 is 21.1. The van der Waals surface area contributed by atoms with Gasteiger partial charge in [0, 0.05) is 78.0 Å². The van der Waals surface area contributed by atoms with Crippen molar-refractivity contribution in [3.8, 4) is 11.5 Å². The first-order chi connectivity index (χ1) is 23.4. The lowest BCUT2D eigenvalue weighted by Gasteiger charge is -2.31. The minimum atomic E-state index is 0.0618. The largest absolute Gasteiger partial charge is 0.457 e. The van der Waals surface area contributed by atoms with Gasteiger partial charge in [-0.1, -0.05) is 6.08 Å². The number of hydrogen-bond donors (Lipinski definition) is 1. The molecule has 0 aliphatic carbocycles. The van der Waals surface area contributed by atoms with Gasteiger partial charge >= 0.3 is 0 Å². The zero-order chi connectivity index (χ0) is 33.2. The molecule has 7 rings (SSSR count). The molecule has 0 radical (unpaired) electrons. The molecule has 12 nitrogen and oxygen atoms in total. The monoisotopic (exact) mass is 650 g/mol. The first-order valence-corrected chi connectivity index (χ1v) is 16.4. The van der Waals surface area contributed by atoms with Crippen LogP contribution in [0.1, 0.15) is 29.9 Å². The topological polar surface area (TPSA) is 111 Å². The number of piperidine rings is 1. The van der Waals surface area contributed by atoms with Crippen LogP contribution in [0, 0.1) is 6.92 Å². The predicted octanol–water partition coefficient (Wildman–Crippen LogP) is 5.07. The molecule has 48 heavy (non-hydrogen) atoms. The van der Waals surface area contributed by atoms with Crippen molar-refractivity contribution in [3.63, 3.8) is 0 Å². The molecule has 0 saturated carbocycles. The molecular formula is C36H42N8O4. The SMILES string of the molecule is CO[C@@H]1CN(C/C=C/C(=O)N2CCC(c3ccn4ncnc(Nc5ccc(Oc6ccc7c(c6)ncn7C)c(C)c5)c34)CC2)C[C@H]1OC. The number of carbonyl (C=O) groups is 1. The van der Waals surface area contributed by atoms with Gasteiger partial charge in [-0.3, -0.25) is 9.69 Å². The number of aromatic nitrogens is 5. The molecule has 0 bridgehead atoms. The van der Waals surface area contributed by atoms with E-state index < -0.39 is 0 Å². The van der Waals surface area contributed by atoms with E-state index in [2.05, 4.69) is 37.4 Å². The predicted molar refractivity (Wildman–Crippen MR) is 184 cm³/mol. The number of ether oxygens (including phenoxy) is 3. The van der Waals surface area contributed by atoms with Crippen LogP contribution in [0.2, 0.25) is 0 Å². The molecule has 0 unspecified atom stereocenters. The number of aryl methyl sites for hydroxylation is 2. The number of benzene rings is 2. The summed E-state index contributed by atoms with van der Waals surface area (Å²) in [4.78, 5) is 26.3. The number of hydrogen-bond acceptors (Lipinski definition) is 9. The van der Waals surface area contributed by atoms with Crippen molar-refractivity contribution in [1.29, 1.82) is 0 Å². The highest BCUT2D eigenvalue weighted by molar-refractivity contribution is 5.87. The number of rotatable bonds is 10. The summed E-state index contributed by atoms with van der Waals surface area (Å²) in [5.41, 5.74) is 6.00.